The number of benzene rings is 2. The number of rotatable bonds is 4. The smallest absolute Gasteiger partial charge is 0.00603 e. The Hall–Kier alpha value is -2.08. The third-order valence-corrected chi connectivity index (χ3v) is 5.81. The molecule has 2 aliphatic rings. The highest BCUT2D eigenvalue weighted by Gasteiger charge is 2.29. The summed E-state index contributed by atoms with van der Waals surface area (Å²) in [6, 6.07) is 17.9. The van der Waals surface area contributed by atoms with Gasteiger partial charge in [-0.1, -0.05) is 85.7 Å². The molecule has 0 heterocycles. The largest absolute Gasteiger partial charge is 0.0652 e. The van der Waals surface area contributed by atoms with E-state index in [9.17, 15) is 0 Å². The average Bonchev–Trinajstić information content (AvgIpc) is 3.10. The Morgan fingerprint density at radius 1 is 0.750 bits per heavy atom. The molecule has 0 nitrogen and oxygen atoms in total. The molecule has 2 unspecified atom stereocenters. The first-order valence-electron chi connectivity index (χ1n) is 9.22. The fraction of sp³-hybridized carbons (Fsp3) is 0.333. The van der Waals surface area contributed by atoms with Gasteiger partial charge in [0.2, 0.25) is 0 Å². The Balaban J connectivity index is 1.58. The summed E-state index contributed by atoms with van der Waals surface area (Å²) in [5.41, 5.74) is 9.06. The van der Waals surface area contributed by atoms with E-state index in [4.69, 9.17) is 0 Å². The van der Waals surface area contributed by atoms with Crippen molar-refractivity contribution in [1.82, 2.24) is 0 Å². The second kappa shape index (κ2) is 6.09. The van der Waals surface area contributed by atoms with Crippen LogP contribution < -0.4 is 0 Å². The molecule has 0 spiro atoms. The lowest BCUT2D eigenvalue weighted by molar-refractivity contribution is 0.573. The van der Waals surface area contributed by atoms with Gasteiger partial charge < -0.3 is 0 Å². The van der Waals surface area contributed by atoms with Gasteiger partial charge in [0.15, 0.2) is 0 Å². The minimum atomic E-state index is 0.599. The van der Waals surface area contributed by atoms with Crippen molar-refractivity contribution in [1.29, 1.82) is 0 Å². The van der Waals surface area contributed by atoms with Gasteiger partial charge in [-0.3, -0.25) is 0 Å². The lowest BCUT2D eigenvalue weighted by Crippen LogP contribution is -2.07. The Labute approximate surface area is 145 Å². The summed E-state index contributed by atoms with van der Waals surface area (Å²) >= 11 is 0. The van der Waals surface area contributed by atoms with Crippen LogP contribution in [0.25, 0.3) is 12.2 Å². The van der Waals surface area contributed by atoms with Crippen molar-refractivity contribution in [3.05, 3.63) is 81.9 Å². The summed E-state index contributed by atoms with van der Waals surface area (Å²) < 4.78 is 0. The van der Waals surface area contributed by atoms with E-state index in [1.54, 1.807) is 5.57 Å². The normalized spacial score (nSPS) is 21.5. The zero-order valence-electron chi connectivity index (χ0n) is 14.9. The summed E-state index contributed by atoms with van der Waals surface area (Å²) in [7, 11) is 0. The second-order valence-electron chi connectivity index (χ2n) is 7.63. The van der Waals surface area contributed by atoms with Gasteiger partial charge in [0.25, 0.3) is 0 Å². The monoisotopic (exact) mass is 314 g/mol. The molecule has 0 N–H and O–H groups in total. The van der Waals surface area contributed by atoms with E-state index in [1.165, 1.54) is 40.7 Å². The zero-order chi connectivity index (χ0) is 16.7. The summed E-state index contributed by atoms with van der Waals surface area (Å²) in [6.45, 7) is 6.97. The van der Waals surface area contributed by atoms with Crippen LogP contribution in [0.2, 0.25) is 0 Å². The van der Waals surface area contributed by atoms with Gasteiger partial charge in [-0.25, -0.2) is 0 Å². The van der Waals surface area contributed by atoms with Gasteiger partial charge in [-0.15, -0.1) is 0 Å². The summed E-state index contributed by atoms with van der Waals surface area (Å²) in [5.74, 6) is 1.82. The minimum Gasteiger partial charge on any atom is -0.0652 e. The highest BCUT2D eigenvalue weighted by Crippen LogP contribution is 2.46. The Morgan fingerprint density at radius 2 is 1.29 bits per heavy atom. The van der Waals surface area contributed by atoms with E-state index < -0.39 is 0 Å². The standard InChI is InChI=1S/C24H26/c1-16(2)24-15-19-9-5-7-11-22(19)23(24)13-12-20-17(3)14-18-8-4-6-10-21(18)20/h4-11,14-16,20,23H,12-13H2,1-3H3. The molecule has 0 fully saturated rings. The van der Waals surface area contributed by atoms with E-state index in [2.05, 4.69) is 81.5 Å². The first-order valence-corrected chi connectivity index (χ1v) is 9.22. The van der Waals surface area contributed by atoms with Crippen molar-refractivity contribution < 1.29 is 0 Å². The molecule has 4 rings (SSSR count). The predicted molar refractivity (Wildman–Crippen MR) is 104 cm³/mol. The molecule has 2 aliphatic carbocycles. The summed E-state index contributed by atoms with van der Waals surface area (Å²) in [6.07, 6.45) is 7.30. The van der Waals surface area contributed by atoms with Gasteiger partial charge in [0.05, 0.1) is 0 Å². The van der Waals surface area contributed by atoms with E-state index in [-0.39, 0.29) is 0 Å². The molecule has 0 amide bonds. The fourth-order valence-electron chi connectivity index (χ4n) is 4.58. The first kappa shape index (κ1) is 15.4. The first-order chi connectivity index (χ1) is 11.6. The third kappa shape index (κ3) is 2.55. The fourth-order valence-corrected chi connectivity index (χ4v) is 4.58. The zero-order valence-corrected chi connectivity index (χ0v) is 14.9. The van der Waals surface area contributed by atoms with Gasteiger partial charge >= 0.3 is 0 Å². The molecule has 0 heteroatoms. The molecule has 122 valence electrons. The molecule has 2 aromatic carbocycles. The van der Waals surface area contributed by atoms with Crippen LogP contribution in [0.15, 0.2) is 59.7 Å². The molecule has 0 aromatic heterocycles. The number of allylic oxidation sites excluding steroid dienone is 2. The van der Waals surface area contributed by atoms with Gasteiger partial charge in [-0.05, 0) is 47.9 Å². The third-order valence-electron chi connectivity index (χ3n) is 5.81. The van der Waals surface area contributed by atoms with Crippen LogP contribution in [0, 0.1) is 5.92 Å². The molecule has 0 saturated heterocycles. The molecule has 0 aliphatic heterocycles. The van der Waals surface area contributed by atoms with Crippen LogP contribution in [0.5, 0.6) is 0 Å². The molecule has 0 saturated carbocycles. The van der Waals surface area contributed by atoms with Crippen LogP contribution in [0.4, 0.5) is 0 Å². The molecule has 0 bridgehead atoms. The summed E-state index contributed by atoms with van der Waals surface area (Å²) in [4.78, 5) is 0. The van der Waals surface area contributed by atoms with Crippen molar-refractivity contribution in [2.45, 2.75) is 45.4 Å². The Bertz CT molecular complexity index is 819. The molecular weight excluding hydrogens is 288 g/mol. The number of fused-ring (bicyclic) bond motifs is 2. The van der Waals surface area contributed by atoms with Crippen LogP contribution in [0.3, 0.4) is 0 Å². The Morgan fingerprint density at radius 3 is 1.96 bits per heavy atom. The van der Waals surface area contributed by atoms with Crippen LogP contribution >= 0.6 is 0 Å². The maximum absolute atomic E-state index is 2.44. The van der Waals surface area contributed by atoms with Crippen molar-refractivity contribution in [3.8, 4) is 0 Å². The SMILES string of the molecule is CC1=Cc2ccccc2C1CCC1C(C(C)C)=Cc2ccccc21. The van der Waals surface area contributed by atoms with Crippen LogP contribution in [-0.2, 0) is 0 Å². The van der Waals surface area contributed by atoms with Gasteiger partial charge in [0.1, 0.15) is 0 Å². The quantitative estimate of drug-likeness (QED) is 0.582. The molecule has 2 aromatic rings. The Kier molecular flexibility index (Phi) is 3.92. The van der Waals surface area contributed by atoms with E-state index in [0.29, 0.717) is 17.8 Å². The van der Waals surface area contributed by atoms with E-state index in [1.807, 2.05) is 0 Å². The topological polar surface area (TPSA) is 0 Å². The van der Waals surface area contributed by atoms with Crippen LogP contribution in [0.1, 0.15) is 67.7 Å². The predicted octanol–water partition coefficient (Wildman–Crippen LogP) is 6.80. The van der Waals surface area contributed by atoms with Crippen molar-refractivity contribution in [2.24, 2.45) is 5.92 Å². The van der Waals surface area contributed by atoms with Crippen molar-refractivity contribution in [2.75, 3.05) is 0 Å². The molecular formula is C24H26. The van der Waals surface area contributed by atoms with Crippen LogP contribution in [-0.4, -0.2) is 0 Å². The lowest BCUT2D eigenvalue weighted by atomic mass is 9.82. The molecule has 2 atom stereocenters. The van der Waals surface area contributed by atoms with E-state index in [0.717, 1.165) is 0 Å². The molecule has 0 radical (unpaired) electrons. The lowest BCUT2D eigenvalue weighted by Gasteiger charge is -2.22. The minimum absolute atomic E-state index is 0.599. The average molecular weight is 314 g/mol. The highest BCUT2D eigenvalue weighted by atomic mass is 14.3. The van der Waals surface area contributed by atoms with Gasteiger partial charge in [0, 0.05) is 11.8 Å². The van der Waals surface area contributed by atoms with Crippen molar-refractivity contribution in [3.63, 3.8) is 0 Å². The second-order valence-corrected chi connectivity index (χ2v) is 7.63. The highest BCUT2D eigenvalue weighted by molar-refractivity contribution is 5.68. The number of hydrogen-bond donors (Lipinski definition) is 0. The summed E-state index contributed by atoms with van der Waals surface area (Å²) in [5, 5.41) is 0. The maximum atomic E-state index is 2.44. The number of hydrogen-bond acceptors (Lipinski definition) is 0. The van der Waals surface area contributed by atoms with Crippen molar-refractivity contribution >= 4 is 12.2 Å². The molecule has 24 heavy (non-hydrogen) atoms. The van der Waals surface area contributed by atoms with Gasteiger partial charge in [-0.2, -0.15) is 0 Å². The van der Waals surface area contributed by atoms with E-state index >= 15 is 0 Å². The maximum Gasteiger partial charge on any atom is 0.00603 e.